The summed E-state index contributed by atoms with van der Waals surface area (Å²) in [7, 11) is 5.09. The maximum absolute atomic E-state index is 11.0. The molecule has 4 aromatic rings. The number of methoxy groups -OCH3 is 2. The van der Waals surface area contributed by atoms with Crippen molar-refractivity contribution in [1.29, 1.82) is 0 Å². The molecule has 2 heterocycles. The molecule has 0 fully saturated rings. The van der Waals surface area contributed by atoms with Crippen LogP contribution in [0.2, 0.25) is 0 Å². The van der Waals surface area contributed by atoms with Gasteiger partial charge in [0.2, 0.25) is 0 Å². The van der Waals surface area contributed by atoms with Gasteiger partial charge in [-0.25, -0.2) is 4.98 Å². The normalized spacial score (nSPS) is 10.9. The van der Waals surface area contributed by atoms with Crippen LogP contribution in [-0.2, 0) is 11.8 Å². The first kappa shape index (κ1) is 23.0. The number of aliphatic carboxylic acids is 1. The molecule has 0 aliphatic heterocycles. The third-order valence-corrected chi connectivity index (χ3v) is 5.51. The summed E-state index contributed by atoms with van der Waals surface area (Å²) in [6.07, 6.45) is 6.81. The molecule has 34 heavy (non-hydrogen) atoms. The molecule has 0 saturated carbocycles. The zero-order chi connectivity index (χ0) is 24.1. The summed E-state index contributed by atoms with van der Waals surface area (Å²) >= 11 is 0. The lowest BCUT2D eigenvalue weighted by Gasteiger charge is -2.26. The van der Waals surface area contributed by atoms with Crippen molar-refractivity contribution in [3.8, 4) is 22.8 Å². The number of fused-ring (bicyclic) bond motifs is 1. The van der Waals surface area contributed by atoms with Gasteiger partial charge < -0.3 is 19.5 Å². The number of aromatic nitrogens is 4. The molecule has 2 aromatic carbocycles. The van der Waals surface area contributed by atoms with Crippen molar-refractivity contribution in [2.24, 2.45) is 7.05 Å². The highest BCUT2D eigenvalue weighted by Crippen LogP contribution is 2.34. The average molecular weight is 462 g/mol. The summed E-state index contributed by atoms with van der Waals surface area (Å²) in [5.41, 5.74) is 4.96. The van der Waals surface area contributed by atoms with Crippen LogP contribution in [0.25, 0.3) is 22.3 Å². The number of unbranched alkanes of at least 4 members (excludes halogenated alkanes) is 1. The fourth-order valence-electron chi connectivity index (χ4n) is 3.76. The van der Waals surface area contributed by atoms with Crippen LogP contribution in [0.15, 0.2) is 55.0 Å². The third-order valence-electron chi connectivity index (χ3n) is 5.51. The Morgan fingerprint density at radius 3 is 2.41 bits per heavy atom. The van der Waals surface area contributed by atoms with E-state index >= 15 is 0 Å². The Balaban J connectivity index is 1.73. The minimum absolute atomic E-state index is 0.132. The lowest BCUT2D eigenvalue weighted by molar-refractivity contribution is -0.137. The second kappa shape index (κ2) is 10.2. The van der Waals surface area contributed by atoms with Crippen LogP contribution in [0.4, 0.5) is 11.4 Å². The Hall–Kier alpha value is -4.14. The average Bonchev–Trinajstić information content (AvgIpc) is 3.29. The Morgan fingerprint density at radius 2 is 1.76 bits per heavy atom. The van der Waals surface area contributed by atoms with E-state index < -0.39 is 5.97 Å². The molecule has 2 aromatic heterocycles. The van der Waals surface area contributed by atoms with E-state index in [0.29, 0.717) is 30.9 Å². The van der Waals surface area contributed by atoms with Gasteiger partial charge in [-0.1, -0.05) is 0 Å². The van der Waals surface area contributed by atoms with E-state index in [1.807, 2.05) is 49.6 Å². The molecule has 9 heteroatoms. The minimum atomic E-state index is -0.793. The van der Waals surface area contributed by atoms with E-state index in [4.69, 9.17) is 19.6 Å². The minimum Gasteiger partial charge on any atom is -0.497 e. The van der Waals surface area contributed by atoms with Gasteiger partial charge in [0.15, 0.2) is 0 Å². The SMILES string of the molecule is COc1cc(OC)cc(N(CCCCC(=O)O)c2ccc3ncc(-c4cnn(C)c4)nc3c2)c1. The van der Waals surface area contributed by atoms with Gasteiger partial charge in [0.1, 0.15) is 11.5 Å². The number of carboxylic acid groups (broad SMARTS) is 1. The Bertz CT molecular complexity index is 1280. The van der Waals surface area contributed by atoms with Gasteiger partial charge in [0.25, 0.3) is 0 Å². The number of anilines is 2. The van der Waals surface area contributed by atoms with Gasteiger partial charge in [-0.2, -0.15) is 5.10 Å². The fraction of sp³-hybridized carbons (Fsp3) is 0.280. The third kappa shape index (κ3) is 5.25. The predicted molar refractivity (Wildman–Crippen MR) is 130 cm³/mol. The molecule has 0 aliphatic rings. The number of nitrogens with zero attached hydrogens (tertiary/aromatic N) is 5. The smallest absolute Gasteiger partial charge is 0.303 e. The van der Waals surface area contributed by atoms with Crippen LogP contribution < -0.4 is 14.4 Å². The molecular weight excluding hydrogens is 434 g/mol. The number of aryl methyl sites for hydroxylation is 1. The molecule has 4 rings (SSSR count). The Kier molecular flexibility index (Phi) is 6.91. The van der Waals surface area contributed by atoms with Gasteiger partial charge >= 0.3 is 5.97 Å². The van der Waals surface area contributed by atoms with Crippen molar-refractivity contribution in [2.75, 3.05) is 25.7 Å². The first-order valence-electron chi connectivity index (χ1n) is 10.9. The molecule has 0 saturated heterocycles. The zero-order valence-electron chi connectivity index (χ0n) is 19.4. The van der Waals surface area contributed by atoms with Crippen molar-refractivity contribution in [3.05, 3.63) is 55.0 Å². The van der Waals surface area contributed by atoms with Crippen LogP contribution >= 0.6 is 0 Å². The Labute approximate surface area is 197 Å². The van der Waals surface area contributed by atoms with Crippen LogP contribution in [-0.4, -0.2) is 51.6 Å². The summed E-state index contributed by atoms with van der Waals surface area (Å²) < 4.78 is 12.7. The highest BCUT2D eigenvalue weighted by Gasteiger charge is 2.15. The van der Waals surface area contributed by atoms with Gasteiger partial charge in [-0.05, 0) is 31.0 Å². The standard InChI is InChI=1S/C25H27N5O4/c1-29-16-17(14-27-29)24-15-26-22-8-7-18(12-23(22)28-24)30(9-5-4-6-25(31)32)19-10-20(33-2)13-21(11-19)34-3/h7-8,10-16H,4-6,9H2,1-3H3,(H,31,32). The highest BCUT2D eigenvalue weighted by atomic mass is 16.5. The van der Waals surface area contributed by atoms with Crippen molar-refractivity contribution in [3.63, 3.8) is 0 Å². The van der Waals surface area contributed by atoms with Gasteiger partial charge in [0.05, 0.1) is 43.3 Å². The van der Waals surface area contributed by atoms with E-state index in [9.17, 15) is 4.79 Å². The molecule has 176 valence electrons. The largest absolute Gasteiger partial charge is 0.497 e. The predicted octanol–water partition coefficient (Wildman–Crippen LogP) is 4.44. The first-order valence-corrected chi connectivity index (χ1v) is 10.9. The van der Waals surface area contributed by atoms with Crippen LogP contribution in [0.1, 0.15) is 19.3 Å². The second-order valence-electron chi connectivity index (χ2n) is 7.90. The molecule has 0 unspecified atom stereocenters. The van der Waals surface area contributed by atoms with E-state index in [1.54, 1.807) is 31.3 Å². The first-order chi connectivity index (χ1) is 16.5. The van der Waals surface area contributed by atoms with Gasteiger partial charge in [-0.3, -0.25) is 14.5 Å². The number of hydrogen-bond donors (Lipinski definition) is 1. The van der Waals surface area contributed by atoms with Gasteiger partial charge in [-0.15, -0.1) is 0 Å². The zero-order valence-corrected chi connectivity index (χ0v) is 19.4. The van der Waals surface area contributed by atoms with E-state index in [-0.39, 0.29) is 6.42 Å². The topological polar surface area (TPSA) is 103 Å². The molecule has 0 bridgehead atoms. The Morgan fingerprint density at radius 1 is 1.00 bits per heavy atom. The fourth-order valence-corrected chi connectivity index (χ4v) is 3.76. The molecule has 0 aliphatic carbocycles. The van der Waals surface area contributed by atoms with Crippen LogP contribution in [0.5, 0.6) is 11.5 Å². The molecule has 1 N–H and O–H groups in total. The van der Waals surface area contributed by atoms with Crippen LogP contribution in [0.3, 0.4) is 0 Å². The quantitative estimate of drug-likeness (QED) is 0.346. The summed E-state index contributed by atoms with van der Waals surface area (Å²) in [6, 6.07) is 11.6. The van der Waals surface area contributed by atoms with Crippen molar-refractivity contribution >= 4 is 28.4 Å². The number of carboxylic acids is 1. The molecule has 0 amide bonds. The summed E-state index contributed by atoms with van der Waals surface area (Å²) in [4.78, 5) is 22.5. The number of carbonyl (C=O) groups is 1. The van der Waals surface area contributed by atoms with Crippen molar-refractivity contribution in [1.82, 2.24) is 19.7 Å². The van der Waals surface area contributed by atoms with Crippen LogP contribution in [0, 0.1) is 0 Å². The number of benzene rings is 2. The molecule has 0 radical (unpaired) electrons. The molecule has 9 nitrogen and oxygen atoms in total. The molecular formula is C25H27N5O4. The monoisotopic (exact) mass is 461 g/mol. The lowest BCUT2D eigenvalue weighted by Crippen LogP contribution is -2.19. The van der Waals surface area contributed by atoms with Crippen molar-refractivity contribution < 1.29 is 19.4 Å². The summed E-state index contributed by atoms with van der Waals surface area (Å²) in [6.45, 7) is 0.616. The highest BCUT2D eigenvalue weighted by molar-refractivity contribution is 5.82. The number of rotatable bonds is 10. The maximum Gasteiger partial charge on any atom is 0.303 e. The maximum atomic E-state index is 11.0. The second-order valence-corrected chi connectivity index (χ2v) is 7.90. The number of hydrogen-bond acceptors (Lipinski definition) is 7. The number of ether oxygens (including phenoxy) is 2. The van der Waals surface area contributed by atoms with E-state index in [0.717, 1.165) is 33.7 Å². The van der Waals surface area contributed by atoms with Gasteiger partial charge in [0, 0.05) is 61.3 Å². The molecule has 0 atom stereocenters. The van der Waals surface area contributed by atoms with Crippen molar-refractivity contribution in [2.45, 2.75) is 19.3 Å². The van der Waals surface area contributed by atoms with E-state index in [2.05, 4.69) is 15.0 Å². The lowest BCUT2D eigenvalue weighted by atomic mass is 10.1. The molecule has 0 spiro atoms. The van der Waals surface area contributed by atoms with E-state index in [1.165, 1.54) is 0 Å². The summed E-state index contributed by atoms with van der Waals surface area (Å²) in [5, 5.41) is 13.2. The summed E-state index contributed by atoms with van der Waals surface area (Å²) in [5.74, 6) is 0.548.